The number of nitrogens with two attached hydrogens (primary N) is 1. The van der Waals surface area contributed by atoms with Gasteiger partial charge in [0, 0.05) is 5.56 Å². The Kier molecular flexibility index (Phi) is 5.04. The molecule has 0 bridgehead atoms. The van der Waals surface area contributed by atoms with Crippen molar-refractivity contribution in [1.29, 1.82) is 0 Å². The second-order valence-corrected chi connectivity index (χ2v) is 6.91. The fraction of sp³-hybridized carbons (Fsp3) is 0.0526. The highest BCUT2D eigenvalue weighted by Gasteiger charge is 2.12. The van der Waals surface area contributed by atoms with E-state index in [1.165, 1.54) is 12.1 Å². The number of carbonyl (C=O) groups is 1. The van der Waals surface area contributed by atoms with Gasteiger partial charge in [0.05, 0.1) is 24.2 Å². The van der Waals surface area contributed by atoms with Crippen LogP contribution in [0, 0.1) is 5.82 Å². The first-order valence-electron chi connectivity index (χ1n) is 8.40. The summed E-state index contributed by atoms with van der Waals surface area (Å²) in [6, 6.07) is 10.8. The number of fused-ring (bicyclic) bond motifs is 1. The summed E-state index contributed by atoms with van der Waals surface area (Å²) in [6.45, 7) is 0.451. The molecule has 10 heteroatoms. The molecule has 1 amide bonds. The van der Waals surface area contributed by atoms with Crippen LogP contribution >= 0.6 is 23.2 Å². The van der Waals surface area contributed by atoms with Crippen molar-refractivity contribution in [3.8, 4) is 0 Å². The number of anilines is 2. The van der Waals surface area contributed by atoms with Gasteiger partial charge in [-0.25, -0.2) is 14.4 Å². The molecule has 0 saturated carbocycles. The second kappa shape index (κ2) is 7.65. The molecule has 0 aliphatic rings. The van der Waals surface area contributed by atoms with Crippen molar-refractivity contribution < 1.29 is 9.18 Å². The number of aromatic nitrogens is 4. The number of imidazole rings is 1. The molecule has 0 aliphatic carbocycles. The predicted molar refractivity (Wildman–Crippen MR) is 110 cm³/mol. The van der Waals surface area contributed by atoms with E-state index in [4.69, 9.17) is 28.9 Å². The van der Waals surface area contributed by atoms with Crippen molar-refractivity contribution >= 4 is 51.6 Å². The molecule has 0 atom stereocenters. The van der Waals surface area contributed by atoms with Gasteiger partial charge < -0.3 is 15.6 Å². The number of nitrogen functional groups attached to an aromatic ring is 1. The molecule has 7 nitrogen and oxygen atoms in total. The summed E-state index contributed by atoms with van der Waals surface area (Å²) in [4.78, 5) is 24.7. The van der Waals surface area contributed by atoms with Crippen LogP contribution in [0.25, 0.3) is 11.2 Å². The summed E-state index contributed by atoms with van der Waals surface area (Å²) < 4.78 is 14.9. The summed E-state index contributed by atoms with van der Waals surface area (Å²) in [7, 11) is 0. The van der Waals surface area contributed by atoms with Gasteiger partial charge in [-0.2, -0.15) is 4.98 Å². The average molecular weight is 431 g/mol. The van der Waals surface area contributed by atoms with E-state index in [0.717, 1.165) is 11.6 Å². The Bertz CT molecular complexity index is 1230. The molecule has 29 heavy (non-hydrogen) atoms. The van der Waals surface area contributed by atoms with Crippen LogP contribution in [0.3, 0.4) is 0 Å². The van der Waals surface area contributed by atoms with Crippen molar-refractivity contribution in [2.45, 2.75) is 6.54 Å². The average Bonchev–Trinajstić information content (AvgIpc) is 3.07. The van der Waals surface area contributed by atoms with Crippen LogP contribution in [0.4, 0.5) is 15.8 Å². The Labute approximate surface area is 174 Å². The summed E-state index contributed by atoms with van der Waals surface area (Å²) in [5.41, 5.74) is 8.54. The maximum absolute atomic E-state index is 13.1. The fourth-order valence-corrected chi connectivity index (χ4v) is 3.22. The minimum Gasteiger partial charge on any atom is -0.397 e. The number of carbonyl (C=O) groups excluding carboxylic acids is 1. The van der Waals surface area contributed by atoms with E-state index in [1.54, 1.807) is 35.2 Å². The maximum atomic E-state index is 13.1. The maximum Gasteiger partial charge on any atom is 0.255 e. The van der Waals surface area contributed by atoms with E-state index in [1.807, 2.05) is 0 Å². The monoisotopic (exact) mass is 430 g/mol. The highest BCUT2D eigenvalue weighted by atomic mass is 35.5. The van der Waals surface area contributed by atoms with Gasteiger partial charge in [0.1, 0.15) is 11.3 Å². The van der Waals surface area contributed by atoms with E-state index < -0.39 is 5.82 Å². The number of rotatable bonds is 4. The molecule has 0 radical (unpaired) electrons. The molecule has 0 saturated heterocycles. The predicted octanol–water partition coefficient (Wildman–Crippen LogP) is 4.16. The van der Waals surface area contributed by atoms with Crippen LogP contribution in [0.1, 0.15) is 15.9 Å². The first-order chi connectivity index (χ1) is 13.9. The molecular formula is C19H13Cl2FN6O. The molecule has 0 spiro atoms. The molecule has 4 rings (SSSR count). The van der Waals surface area contributed by atoms with Crippen LogP contribution in [-0.2, 0) is 6.54 Å². The zero-order valence-corrected chi connectivity index (χ0v) is 16.2. The third-order valence-corrected chi connectivity index (χ3v) is 4.66. The number of nitrogens with zero attached hydrogens (tertiary/aromatic N) is 4. The van der Waals surface area contributed by atoms with Crippen LogP contribution in [0.2, 0.25) is 10.4 Å². The molecule has 4 aromatic rings. The van der Waals surface area contributed by atoms with Crippen molar-refractivity contribution in [3.63, 3.8) is 0 Å². The Hall–Kier alpha value is -3.23. The van der Waals surface area contributed by atoms with E-state index in [9.17, 15) is 9.18 Å². The highest BCUT2D eigenvalue weighted by Crippen LogP contribution is 2.22. The smallest absolute Gasteiger partial charge is 0.255 e. The van der Waals surface area contributed by atoms with Gasteiger partial charge in [-0.1, -0.05) is 23.7 Å². The van der Waals surface area contributed by atoms with Crippen molar-refractivity contribution in [2.75, 3.05) is 11.1 Å². The first kappa shape index (κ1) is 19.1. The number of hydrogen-bond acceptors (Lipinski definition) is 5. The topological polar surface area (TPSA) is 98.7 Å². The zero-order chi connectivity index (χ0) is 20.5. The van der Waals surface area contributed by atoms with Gasteiger partial charge in [0.15, 0.2) is 10.8 Å². The summed E-state index contributed by atoms with van der Waals surface area (Å²) in [5.74, 6) is -0.820. The summed E-state index contributed by atoms with van der Waals surface area (Å²) in [6.07, 6.45) is 1.60. The largest absolute Gasteiger partial charge is 0.397 e. The molecular weight excluding hydrogens is 418 g/mol. The molecule has 2 aromatic carbocycles. The zero-order valence-electron chi connectivity index (χ0n) is 14.7. The number of benzene rings is 2. The molecule has 3 N–H and O–H groups in total. The standard InChI is InChI=1S/C19H13Cl2FN6O/c20-16-15-17(27-19(21)26-16)28(9-24-15)8-10-1-3-11(4-2-10)18(29)25-14-6-5-12(22)7-13(14)23/h1-7,9H,8,23H2,(H,25,29). The third-order valence-electron chi connectivity index (χ3n) is 4.22. The Morgan fingerprint density at radius 3 is 2.62 bits per heavy atom. The van der Waals surface area contributed by atoms with Crippen molar-refractivity contribution in [1.82, 2.24) is 19.5 Å². The van der Waals surface area contributed by atoms with Gasteiger partial charge in [-0.15, -0.1) is 0 Å². The lowest BCUT2D eigenvalue weighted by Gasteiger charge is -2.09. The molecule has 0 unspecified atom stereocenters. The molecule has 2 aromatic heterocycles. The normalized spacial score (nSPS) is 11.0. The van der Waals surface area contributed by atoms with Gasteiger partial charge in [0.2, 0.25) is 5.28 Å². The van der Waals surface area contributed by atoms with E-state index in [2.05, 4.69) is 20.3 Å². The first-order valence-corrected chi connectivity index (χ1v) is 9.15. The molecule has 2 heterocycles. The lowest BCUT2D eigenvalue weighted by molar-refractivity contribution is 0.102. The van der Waals surface area contributed by atoms with Crippen LogP contribution < -0.4 is 11.1 Å². The number of halogens is 3. The van der Waals surface area contributed by atoms with Gasteiger partial charge in [-0.05, 0) is 47.5 Å². The quantitative estimate of drug-likeness (QED) is 0.287. The lowest BCUT2D eigenvalue weighted by Crippen LogP contribution is -2.13. The van der Waals surface area contributed by atoms with Crippen molar-refractivity contribution in [2.24, 2.45) is 0 Å². The number of nitrogens with one attached hydrogen (secondary N) is 1. The van der Waals surface area contributed by atoms with Gasteiger partial charge >= 0.3 is 0 Å². The summed E-state index contributed by atoms with van der Waals surface area (Å²) >= 11 is 11.9. The van der Waals surface area contributed by atoms with Gasteiger partial charge in [-0.3, -0.25) is 4.79 Å². The van der Waals surface area contributed by atoms with Crippen LogP contribution in [0.15, 0.2) is 48.8 Å². The SMILES string of the molecule is Nc1cc(F)ccc1NC(=O)c1ccc(Cn2cnc3c(Cl)nc(Cl)nc32)cc1. The Morgan fingerprint density at radius 1 is 1.14 bits per heavy atom. The van der Waals surface area contributed by atoms with Crippen LogP contribution in [-0.4, -0.2) is 25.4 Å². The lowest BCUT2D eigenvalue weighted by atomic mass is 10.1. The van der Waals surface area contributed by atoms with Crippen molar-refractivity contribution in [3.05, 3.63) is 76.2 Å². The van der Waals surface area contributed by atoms with Crippen LogP contribution in [0.5, 0.6) is 0 Å². The Balaban J connectivity index is 1.51. The second-order valence-electron chi connectivity index (χ2n) is 6.21. The molecule has 146 valence electrons. The molecule has 0 aliphatic heterocycles. The highest BCUT2D eigenvalue weighted by molar-refractivity contribution is 6.35. The summed E-state index contributed by atoms with van der Waals surface area (Å²) in [5, 5.41) is 2.89. The number of hydrogen-bond donors (Lipinski definition) is 2. The Morgan fingerprint density at radius 2 is 1.90 bits per heavy atom. The van der Waals surface area contributed by atoms with E-state index >= 15 is 0 Å². The molecule has 0 fully saturated rings. The van der Waals surface area contributed by atoms with Gasteiger partial charge in [0.25, 0.3) is 5.91 Å². The number of amides is 1. The third kappa shape index (κ3) is 3.98. The van der Waals surface area contributed by atoms with E-state index in [-0.39, 0.29) is 22.0 Å². The minimum atomic E-state index is -0.468. The fourth-order valence-electron chi connectivity index (χ4n) is 2.80. The minimum absolute atomic E-state index is 0.0383. The van der Waals surface area contributed by atoms with E-state index in [0.29, 0.717) is 29.0 Å².